The van der Waals surface area contributed by atoms with Crippen LogP contribution in [-0.4, -0.2) is 9.78 Å². The fourth-order valence-corrected chi connectivity index (χ4v) is 1.76. The van der Waals surface area contributed by atoms with E-state index < -0.39 is 0 Å². The van der Waals surface area contributed by atoms with E-state index in [1.54, 1.807) is 10.7 Å². The van der Waals surface area contributed by atoms with Crippen LogP contribution in [0.2, 0.25) is 0 Å². The number of hydrogen-bond acceptors (Lipinski definition) is 2. The molecule has 2 aromatic rings. The van der Waals surface area contributed by atoms with E-state index in [9.17, 15) is 4.39 Å². The van der Waals surface area contributed by atoms with Gasteiger partial charge in [-0.05, 0) is 19.1 Å². The molecule has 1 aromatic heterocycles. The summed E-state index contributed by atoms with van der Waals surface area (Å²) in [7, 11) is 1.86. The van der Waals surface area contributed by atoms with Gasteiger partial charge in [-0.25, -0.2) is 4.39 Å². The quantitative estimate of drug-likeness (QED) is 0.839. The monoisotopic (exact) mass is 219 g/mol. The molecule has 0 saturated heterocycles. The van der Waals surface area contributed by atoms with Gasteiger partial charge in [0.05, 0.1) is 5.69 Å². The Balaban J connectivity index is 2.60. The normalized spacial score (nSPS) is 10.8. The van der Waals surface area contributed by atoms with Crippen LogP contribution in [0.5, 0.6) is 0 Å². The van der Waals surface area contributed by atoms with Gasteiger partial charge < -0.3 is 5.73 Å². The molecule has 2 N–H and O–H groups in total. The lowest BCUT2D eigenvalue weighted by atomic mass is 10.1. The predicted octanol–water partition coefficient (Wildman–Crippen LogP) is 1.99. The molecule has 0 aliphatic carbocycles. The first-order valence-electron chi connectivity index (χ1n) is 5.12. The van der Waals surface area contributed by atoms with E-state index in [4.69, 9.17) is 5.73 Å². The minimum Gasteiger partial charge on any atom is -0.326 e. The molecule has 0 amide bonds. The maximum atomic E-state index is 13.1. The average molecular weight is 219 g/mol. The van der Waals surface area contributed by atoms with Crippen LogP contribution in [0.1, 0.15) is 11.3 Å². The molecule has 4 heteroatoms. The van der Waals surface area contributed by atoms with Crippen LogP contribution in [0.3, 0.4) is 0 Å². The molecule has 0 spiro atoms. The van der Waals surface area contributed by atoms with Crippen LogP contribution in [0.25, 0.3) is 11.3 Å². The highest BCUT2D eigenvalue weighted by Crippen LogP contribution is 2.24. The molecular weight excluding hydrogens is 205 g/mol. The van der Waals surface area contributed by atoms with Gasteiger partial charge in [0, 0.05) is 30.4 Å². The van der Waals surface area contributed by atoms with Gasteiger partial charge in [0.2, 0.25) is 0 Å². The number of rotatable bonds is 2. The summed E-state index contributed by atoms with van der Waals surface area (Å²) >= 11 is 0. The first kappa shape index (κ1) is 10.8. The van der Waals surface area contributed by atoms with Crippen LogP contribution >= 0.6 is 0 Å². The van der Waals surface area contributed by atoms with Crippen LogP contribution in [-0.2, 0) is 13.6 Å². The lowest BCUT2D eigenvalue weighted by molar-refractivity contribution is 0.628. The lowest BCUT2D eigenvalue weighted by Gasteiger charge is -2.00. The van der Waals surface area contributed by atoms with E-state index >= 15 is 0 Å². The van der Waals surface area contributed by atoms with Crippen LogP contribution in [0.15, 0.2) is 24.3 Å². The molecule has 0 radical (unpaired) electrons. The lowest BCUT2D eigenvalue weighted by Crippen LogP contribution is -2.00. The first-order chi connectivity index (χ1) is 7.63. The van der Waals surface area contributed by atoms with Crippen LogP contribution in [0.4, 0.5) is 4.39 Å². The van der Waals surface area contributed by atoms with E-state index in [2.05, 4.69) is 5.10 Å². The van der Waals surface area contributed by atoms with E-state index in [0.717, 1.165) is 22.5 Å². The maximum absolute atomic E-state index is 13.1. The van der Waals surface area contributed by atoms with Crippen molar-refractivity contribution in [2.75, 3.05) is 0 Å². The Kier molecular flexibility index (Phi) is 2.75. The first-order valence-corrected chi connectivity index (χ1v) is 5.12. The maximum Gasteiger partial charge on any atom is 0.123 e. The zero-order chi connectivity index (χ0) is 11.7. The van der Waals surface area contributed by atoms with Crippen molar-refractivity contribution in [3.05, 3.63) is 41.3 Å². The summed E-state index contributed by atoms with van der Waals surface area (Å²) in [5.41, 5.74) is 9.21. The fourth-order valence-electron chi connectivity index (χ4n) is 1.76. The van der Waals surface area contributed by atoms with Crippen molar-refractivity contribution in [2.24, 2.45) is 12.8 Å². The number of aryl methyl sites for hydroxylation is 1. The summed E-state index contributed by atoms with van der Waals surface area (Å²) in [5.74, 6) is -0.260. The molecular formula is C12H14FN3. The second-order valence-electron chi connectivity index (χ2n) is 3.75. The SMILES string of the molecule is Cc1c(CN)c(-c2cccc(F)c2)nn1C. The predicted molar refractivity (Wildman–Crippen MR) is 61.2 cm³/mol. The molecule has 16 heavy (non-hydrogen) atoms. The Hall–Kier alpha value is -1.68. The van der Waals surface area contributed by atoms with Gasteiger partial charge in [-0.15, -0.1) is 0 Å². The molecule has 0 unspecified atom stereocenters. The van der Waals surface area contributed by atoms with Gasteiger partial charge in [-0.1, -0.05) is 12.1 Å². The van der Waals surface area contributed by atoms with Crippen molar-refractivity contribution in [2.45, 2.75) is 13.5 Å². The summed E-state index contributed by atoms with van der Waals surface area (Å²) in [5, 5.41) is 4.36. The Morgan fingerprint density at radius 3 is 2.81 bits per heavy atom. The molecule has 84 valence electrons. The third kappa shape index (κ3) is 1.72. The third-order valence-electron chi connectivity index (χ3n) is 2.76. The number of halogens is 1. The van der Waals surface area contributed by atoms with E-state index in [-0.39, 0.29) is 5.82 Å². The Labute approximate surface area is 93.7 Å². The van der Waals surface area contributed by atoms with Crippen LogP contribution in [0, 0.1) is 12.7 Å². The number of nitrogens with zero attached hydrogens (tertiary/aromatic N) is 2. The van der Waals surface area contributed by atoms with Crippen molar-refractivity contribution in [3.8, 4) is 11.3 Å². The number of benzene rings is 1. The second kappa shape index (κ2) is 4.06. The van der Waals surface area contributed by atoms with Crippen molar-refractivity contribution in [3.63, 3.8) is 0 Å². The summed E-state index contributed by atoms with van der Waals surface area (Å²) in [6.45, 7) is 2.36. The molecule has 0 fully saturated rings. The fraction of sp³-hybridized carbons (Fsp3) is 0.250. The van der Waals surface area contributed by atoms with Crippen molar-refractivity contribution >= 4 is 0 Å². The number of hydrogen-bond donors (Lipinski definition) is 1. The van der Waals surface area contributed by atoms with E-state index in [1.165, 1.54) is 12.1 Å². The topological polar surface area (TPSA) is 43.8 Å². The smallest absolute Gasteiger partial charge is 0.123 e. The zero-order valence-electron chi connectivity index (χ0n) is 9.37. The van der Waals surface area contributed by atoms with Crippen molar-refractivity contribution in [1.82, 2.24) is 9.78 Å². The van der Waals surface area contributed by atoms with Gasteiger partial charge >= 0.3 is 0 Å². The molecule has 0 aliphatic heterocycles. The number of aromatic nitrogens is 2. The van der Waals surface area contributed by atoms with Gasteiger partial charge in [-0.3, -0.25) is 4.68 Å². The minimum absolute atomic E-state index is 0.260. The van der Waals surface area contributed by atoms with Gasteiger partial charge in [0.25, 0.3) is 0 Å². The van der Waals surface area contributed by atoms with E-state index in [1.807, 2.05) is 20.0 Å². The highest BCUT2D eigenvalue weighted by atomic mass is 19.1. The van der Waals surface area contributed by atoms with Gasteiger partial charge in [0.15, 0.2) is 0 Å². The molecule has 0 aliphatic rings. The van der Waals surface area contributed by atoms with Crippen molar-refractivity contribution < 1.29 is 4.39 Å². The van der Waals surface area contributed by atoms with E-state index in [0.29, 0.717) is 6.54 Å². The van der Waals surface area contributed by atoms with Gasteiger partial charge in [-0.2, -0.15) is 5.10 Å². The molecule has 0 saturated carbocycles. The Morgan fingerprint density at radius 2 is 2.19 bits per heavy atom. The standard InChI is InChI=1S/C12H14FN3/c1-8-11(7-14)12(15-16(8)2)9-4-3-5-10(13)6-9/h3-6H,7,14H2,1-2H3. The van der Waals surface area contributed by atoms with Crippen LogP contribution < -0.4 is 5.73 Å². The zero-order valence-corrected chi connectivity index (χ0v) is 9.37. The second-order valence-corrected chi connectivity index (χ2v) is 3.75. The highest BCUT2D eigenvalue weighted by molar-refractivity contribution is 5.64. The summed E-state index contributed by atoms with van der Waals surface area (Å²) < 4.78 is 14.9. The van der Waals surface area contributed by atoms with Crippen molar-refractivity contribution in [1.29, 1.82) is 0 Å². The summed E-state index contributed by atoms with van der Waals surface area (Å²) in [6.07, 6.45) is 0. The molecule has 1 heterocycles. The third-order valence-corrected chi connectivity index (χ3v) is 2.76. The molecule has 0 bridgehead atoms. The minimum atomic E-state index is -0.260. The largest absolute Gasteiger partial charge is 0.326 e. The number of nitrogens with two attached hydrogens (primary N) is 1. The summed E-state index contributed by atoms with van der Waals surface area (Å²) in [6, 6.07) is 6.40. The average Bonchev–Trinajstić information content (AvgIpc) is 2.55. The molecule has 0 atom stereocenters. The highest BCUT2D eigenvalue weighted by Gasteiger charge is 2.13. The molecule has 3 nitrogen and oxygen atoms in total. The van der Waals surface area contributed by atoms with Gasteiger partial charge in [0.1, 0.15) is 5.82 Å². The summed E-state index contributed by atoms with van der Waals surface area (Å²) in [4.78, 5) is 0. The molecule has 2 rings (SSSR count). The Bertz CT molecular complexity index is 517. The molecule has 1 aromatic carbocycles. The Morgan fingerprint density at radius 1 is 1.44 bits per heavy atom.